The number of aryl methyl sites for hydroxylation is 1. The van der Waals surface area contributed by atoms with E-state index in [1.165, 1.54) is 17.0 Å². The molecule has 9 heteroatoms. The maximum absolute atomic E-state index is 13.2. The summed E-state index contributed by atoms with van der Waals surface area (Å²) in [5, 5.41) is 14.7. The molecule has 1 aliphatic carbocycles. The Kier molecular flexibility index (Phi) is 7.11. The smallest absolute Gasteiger partial charge is 0.270 e. The lowest BCUT2D eigenvalue weighted by Crippen LogP contribution is -2.24. The number of benzene rings is 2. The van der Waals surface area contributed by atoms with Gasteiger partial charge in [0.2, 0.25) is 0 Å². The number of fused-ring (bicyclic) bond motifs is 1. The first-order valence-corrected chi connectivity index (χ1v) is 13.2. The van der Waals surface area contributed by atoms with Crippen LogP contribution in [0.1, 0.15) is 45.0 Å². The van der Waals surface area contributed by atoms with Crippen molar-refractivity contribution < 1.29 is 14.1 Å². The van der Waals surface area contributed by atoms with Gasteiger partial charge in [-0.1, -0.05) is 30.3 Å². The number of halogens is 1. The van der Waals surface area contributed by atoms with Crippen molar-refractivity contribution in [2.45, 2.75) is 32.2 Å². The molecule has 0 spiro atoms. The van der Waals surface area contributed by atoms with E-state index in [-0.39, 0.29) is 11.6 Å². The topological polar surface area (TPSA) is 97.7 Å². The van der Waals surface area contributed by atoms with Crippen LogP contribution >= 0.6 is 27.3 Å². The second-order valence-corrected chi connectivity index (χ2v) is 10.4. The van der Waals surface area contributed by atoms with E-state index < -0.39 is 4.92 Å². The minimum Gasteiger partial charge on any atom is -0.455 e. The zero-order chi connectivity index (χ0) is 25.1. The SMILES string of the molecule is O=C(NCc1ccccc1)c1c(/N=C\c2ccc(-c3ccc([N+](=O)[O-])cc3Br)o2)sc2c1CCCC2. The third-order valence-electron chi connectivity index (χ3n) is 6.04. The summed E-state index contributed by atoms with van der Waals surface area (Å²) >= 11 is 4.96. The Hall–Kier alpha value is -3.56. The number of furan rings is 1. The number of hydrogen-bond acceptors (Lipinski definition) is 6. The molecule has 0 fully saturated rings. The molecule has 1 N–H and O–H groups in total. The summed E-state index contributed by atoms with van der Waals surface area (Å²) in [5.41, 5.74) is 3.51. The summed E-state index contributed by atoms with van der Waals surface area (Å²) in [6.45, 7) is 0.457. The lowest BCUT2D eigenvalue weighted by molar-refractivity contribution is -0.384. The van der Waals surface area contributed by atoms with Crippen LogP contribution in [0.3, 0.4) is 0 Å². The van der Waals surface area contributed by atoms with Gasteiger partial charge in [-0.3, -0.25) is 14.9 Å². The van der Waals surface area contributed by atoms with Crippen LogP contribution in [0.25, 0.3) is 11.3 Å². The van der Waals surface area contributed by atoms with Crippen LogP contribution in [0.5, 0.6) is 0 Å². The number of thiophene rings is 1. The molecule has 1 amide bonds. The number of carbonyl (C=O) groups is 1. The van der Waals surface area contributed by atoms with Gasteiger partial charge in [-0.05, 0) is 70.9 Å². The molecule has 0 saturated heterocycles. The summed E-state index contributed by atoms with van der Waals surface area (Å²) in [5.74, 6) is 0.974. The lowest BCUT2D eigenvalue weighted by Gasteiger charge is -2.12. The van der Waals surface area contributed by atoms with Crippen LogP contribution in [-0.4, -0.2) is 17.0 Å². The Bertz CT molecular complexity index is 1460. The molecule has 182 valence electrons. The van der Waals surface area contributed by atoms with Crippen LogP contribution in [-0.2, 0) is 19.4 Å². The highest BCUT2D eigenvalue weighted by Crippen LogP contribution is 2.40. The zero-order valence-corrected chi connectivity index (χ0v) is 21.6. The highest BCUT2D eigenvalue weighted by Gasteiger charge is 2.25. The van der Waals surface area contributed by atoms with Gasteiger partial charge in [0, 0.05) is 33.6 Å². The van der Waals surface area contributed by atoms with Gasteiger partial charge >= 0.3 is 0 Å². The minimum absolute atomic E-state index is 0.00120. The number of hydrogen-bond donors (Lipinski definition) is 1. The van der Waals surface area contributed by atoms with Gasteiger partial charge in [0.25, 0.3) is 11.6 Å². The van der Waals surface area contributed by atoms with Gasteiger partial charge in [0.1, 0.15) is 16.5 Å². The number of nitro groups is 1. The van der Waals surface area contributed by atoms with E-state index in [0.717, 1.165) is 36.8 Å². The van der Waals surface area contributed by atoms with Gasteiger partial charge < -0.3 is 9.73 Å². The molecule has 2 aromatic carbocycles. The second kappa shape index (κ2) is 10.6. The molecule has 7 nitrogen and oxygen atoms in total. The molecule has 4 aromatic rings. The van der Waals surface area contributed by atoms with E-state index in [1.807, 2.05) is 30.3 Å². The Balaban J connectivity index is 1.39. The highest BCUT2D eigenvalue weighted by atomic mass is 79.9. The molecule has 0 atom stereocenters. The van der Waals surface area contributed by atoms with Crippen LogP contribution in [0, 0.1) is 10.1 Å². The van der Waals surface area contributed by atoms with Crippen LogP contribution in [0.2, 0.25) is 0 Å². The number of aliphatic imine (C=N–C) groups is 1. The second-order valence-electron chi connectivity index (χ2n) is 8.44. The fraction of sp³-hybridized carbons (Fsp3) is 0.185. The number of non-ortho nitro benzene ring substituents is 1. The van der Waals surface area contributed by atoms with Gasteiger partial charge in [-0.15, -0.1) is 11.3 Å². The molecule has 5 rings (SSSR count). The number of carbonyl (C=O) groups excluding carboxylic acids is 1. The van der Waals surface area contributed by atoms with Crippen molar-refractivity contribution in [2.24, 2.45) is 4.99 Å². The van der Waals surface area contributed by atoms with Crippen LogP contribution in [0.15, 0.2) is 74.5 Å². The first-order chi connectivity index (χ1) is 17.5. The first kappa shape index (κ1) is 24.1. The third kappa shape index (κ3) is 5.17. The molecule has 2 aromatic heterocycles. The predicted octanol–water partition coefficient (Wildman–Crippen LogP) is 7.24. The van der Waals surface area contributed by atoms with Crippen LogP contribution < -0.4 is 5.32 Å². The number of nitrogens with zero attached hydrogens (tertiary/aromatic N) is 2. The van der Waals surface area contributed by atoms with E-state index in [1.54, 1.807) is 35.8 Å². The number of nitro benzene ring substituents is 1. The van der Waals surface area contributed by atoms with Gasteiger partial charge in [0.05, 0.1) is 16.7 Å². The summed E-state index contributed by atoms with van der Waals surface area (Å²) < 4.78 is 6.50. The average molecular weight is 564 g/mol. The Morgan fingerprint density at radius 3 is 2.72 bits per heavy atom. The van der Waals surface area contributed by atoms with Gasteiger partial charge in [-0.25, -0.2) is 4.99 Å². The van der Waals surface area contributed by atoms with Gasteiger partial charge in [0.15, 0.2) is 0 Å². The monoisotopic (exact) mass is 563 g/mol. The Morgan fingerprint density at radius 1 is 1.14 bits per heavy atom. The maximum atomic E-state index is 13.2. The van der Waals surface area contributed by atoms with Crippen molar-refractivity contribution in [3.8, 4) is 11.3 Å². The van der Waals surface area contributed by atoms with E-state index in [2.05, 4.69) is 26.2 Å². The van der Waals surface area contributed by atoms with Crippen molar-refractivity contribution in [2.75, 3.05) is 0 Å². The maximum Gasteiger partial charge on any atom is 0.270 e. The number of rotatable bonds is 7. The average Bonchev–Trinajstić information content (AvgIpc) is 3.51. The standard InChI is InChI=1S/C27H22BrN3O4S/c28-22-14-18(31(33)34)10-12-20(22)23-13-11-19(35-23)16-30-27-25(21-8-4-5-9-24(21)36-27)26(32)29-15-17-6-2-1-3-7-17/h1-3,6-7,10-14,16H,4-5,8-9,15H2,(H,29,32)/b30-16-. The van der Waals surface area contributed by atoms with Gasteiger partial charge in [-0.2, -0.15) is 0 Å². The van der Waals surface area contributed by atoms with E-state index in [0.29, 0.717) is 38.7 Å². The molecule has 2 heterocycles. The van der Waals surface area contributed by atoms with Crippen molar-refractivity contribution in [1.29, 1.82) is 0 Å². The van der Waals surface area contributed by atoms with E-state index in [9.17, 15) is 14.9 Å². The zero-order valence-electron chi connectivity index (χ0n) is 19.2. The lowest BCUT2D eigenvalue weighted by atomic mass is 9.95. The summed E-state index contributed by atoms with van der Waals surface area (Å²) in [4.78, 5) is 29.7. The Labute approximate surface area is 220 Å². The van der Waals surface area contributed by atoms with Crippen LogP contribution in [0.4, 0.5) is 10.7 Å². The Morgan fingerprint density at radius 2 is 1.94 bits per heavy atom. The van der Waals surface area contributed by atoms with Crippen molar-refractivity contribution >= 4 is 50.1 Å². The van der Waals surface area contributed by atoms with E-state index in [4.69, 9.17) is 4.42 Å². The summed E-state index contributed by atoms with van der Waals surface area (Å²) in [7, 11) is 0. The summed E-state index contributed by atoms with van der Waals surface area (Å²) in [6, 6.07) is 17.9. The molecule has 36 heavy (non-hydrogen) atoms. The highest BCUT2D eigenvalue weighted by molar-refractivity contribution is 9.10. The summed E-state index contributed by atoms with van der Waals surface area (Å²) in [6.07, 6.45) is 5.65. The molecule has 0 unspecified atom stereocenters. The van der Waals surface area contributed by atoms with Crippen molar-refractivity contribution in [1.82, 2.24) is 5.32 Å². The predicted molar refractivity (Wildman–Crippen MR) is 144 cm³/mol. The van der Waals surface area contributed by atoms with Crippen molar-refractivity contribution in [3.63, 3.8) is 0 Å². The largest absolute Gasteiger partial charge is 0.455 e. The molecule has 0 radical (unpaired) electrons. The molecular weight excluding hydrogens is 542 g/mol. The molecule has 1 aliphatic rings. The minimum atomic E-state index is -0.441. The van der Waals surface area contributed by atoms with E-state index >= 15 is 0 Å². The normalized spacial score (nSPS) is 13.0. The van der Waals surface area contributed by atoms with Crippen molar-refractivity contribution in [3.05, 3.63) is 103 Å². The fourth-order valence-electron chi connectivity index (χ4n) is 4.25. The molecular formula is C27H22BrN3O4S. The fourth-order valence-corrected chi connectivity index (χ4v) is 6.04. The molecule has 0 aliphatic heterocycles. The third-order valence-corrected chi connectivity index (χ3v) is 7.90. The quantitative estimate of drug-likeness (QED) is 0.145. The molecule has 0 bridgehead atoms. The first-order valence-electron chi connectivity index (χ1n) is 11.5. The number of amides is 1. The number of nitrogens with one attached hydrogen (secondary N) is 1. The molecule has 0 saturated carbocycles.